The van der Waals surface area contributed by atoms with Gasteiger partial charge in [-0.25, -0.2) is 8.42 Å². The summed E-state index contributed by atoms with van der Waals surface area (Å²) in [5.41, 5.74) is 0. The standard InChI is InChI=1S/C15H26N4O3S/c1-23(20,21)9-3-7-16-13-4-2-8-19(10-13)11-14-17-15(22-18-14)12-5-6-12/h12-13,16H,2-11H2,1H3/t13-/m0/s1. The number of nitrogens with one attached hydrogen (secondary N) is 1. The van der Waals surface area contributed by atoms with Crippen LogP contribution in [0.15, 0.2) is 4.52 Å². The molecule has 0 amide bonds. The molecule has 3 rings (SSSR count). The Morgan fingerprint density at radius 1 is 1.35 bits per heavy atom. The zero-order chi connectivity index (χ0) is 16.3. The van der Waals surface area contributed by atoms with E-state index >= 15 is 0 Å². The van der Waals surface area contributed by atoms with E-state index in [0.29, 0.717) is 18.4 Å². The molecular formula is C15H26N4O3S. The summed E-state index contributed by atoms with van der Waals surface area (Å²) in [4.78, 5) is 6.83. The quantitative estimate of drug-likeness (QED) is 0.703. The van der Waals surface area contributed by atoms with Crippen LogP contribution < -0.4 is 5.32 Å². The lowest BCUT2D eigenvalue weighted by molar-refractivity contribution is 0.178. The van der Waals surface area contributed by atoms with E-state index in [1.54, 1.807) is 0 Å². The van der Waals surface area contributed by atoms with Crippen molar-refractivity contribution in [1.82, 2.24) is 20.4 Å². The molecule has 8 heteroatoms. The van der Waals surface area contributed by atoms with Gasteiger partial charge in [-0.05, 0) is 45.2 Å². The maximum Gasteiger partial charge on any atom is 0.229 e. The molecule has 130 valence electrons. The molecule has 23 heavy (non-hydrogen) atoms. The first-order valence-corrected chi connectivity index (χ1v) is 10.5. The van der Waals surface area contributed by atoms with Crippen molar-refractivity contribution < 1.29 is 12.9 Å². The average Bonchev–Trinajstić information content (AvgIpc) is 3.24. The van der Waals surface area contributed by atoms with Crippen molar-refractivity contribution >= 4 is 9.84 Å². The summed E-state index contributed by atoms with van der Waals surface area (Å²) in [6, 6.07) is 0.415. The summed E-state index contributed by atoms with van der Waals surface area (Å²) in [5, 5.41) is 7.56. The first kappa shape index (κ1) is 16.9. The third-order valence-corrected chi connectivity index (χ3v) is 5.44. The van der Waals surface area contributed by atoms with Gasteiger partial charge in [0.05, 0.1) is 12.3 Å². The highest BCUT2D eigenvalue weighted by Crippen LogP contribution is 2.38. The second-order valence-electron chi connectivity index (χ2n) is 6.83. The van der Waals surface area contributed by atoms with E-state index in [2.05, 4.69) is 20.4 Å². The molecule has 1 aromatic rings. The Morgan fingerprint density at radius 2 is 2.17 bits per heavy atom. The van der Waals surface area contributed by atoms with Crippen LogP contribution in [0.5, 0.6) is 0 Å². The van der Waals surface area contributed by atoms with Crippen molar-refractivity contribution in [3.05, 3.63) is 11.7 Å². The van der Waals surface area contributed by atoms with Gasteiger partial charge in [-0.15, -0.1) is 0 Å². The van der Waals surface area contributed by atoms with E-state index in [0.717, 1.165) is 50.7 Å². The minimum absolute atomic E-state index is 0.253. The van der Waals surface area contributed by atoms with Gasteiger partial charge < -0.3 is 9.84 Å². The van der Waals surface area contributed by atoms with Gasteiger partial charge in [-0.2, -0.15) is 4.98 Å². The normalized spacial score (nSPS) is 23.3. The second-order valence-corrected chi connectivity index (χ2v) is 9.09. The van der Waals surface area contributed by atoms with Gasteiger partial charge in [-0.1, -0.05) is 5.16 Å². The molecule has 0 unspecified atom stereocenters. The highest BCUT2D eigenvalue weighted by Gasteiger charge is 2.30. The van der Waals surface area contributed by atoms with Gasteiger partial charge in [0.25, 0.3) is 0 Å². The number of nitrogens with zero attached hydrogens (tertiary/aromatic N) is 3. The predicted molar refractivity (Wildman–Crippen MR) is 86.9 cm³/mol. The van der Waals surface area contributed by atoms with Crippen molar-refractivity contribution in [1.29, 1.82) is 0 Å². The molecule has 0 aromatic carbocycles. The van der Waals surface area contributed by atoms with Crippen LogP contribution in [0.1, 0.15) is 49.7 Å². The van der Waals surface area contributed by atoms with Gasteiger partial charge in [0.15, 0.2) is 5.82 Å². The lowest BCUT2D eigenvalue weighted by Crippen LogP contribution is -2.45. The maximum absolute atomic E-state index is 11.1. The van der Waals surface area contributed by atoms with Crippen LogP contribution in [0.3, 0.4) is 0 Å². The van der Waals surface area contributed by atoms with Crippen LogP contribution in [0.4, 0.5) is 0 Å². The molecule has 2 fully saturated rings. The maximum atomic E-state index is 11.1. The molecule has 1 saturated heterocycles. The van der Waals surface area contributed by atoms with E-state index in [4.69, 9.17) is 4.52 Å². The smallest absolute Gasteiger partial charge is 0.229 e. The Balaban J connectivity index is 1.40. The largest absolute Gasteiger partial charge is 0.339 e. The molecule has 2 heterocycles. The number of likely N-dealkylation sites (tertiary alicyclic amines) is 1. The van der Waals surface area contributed by atoms with E-state index in [1.165, 1.54) is 19.1 Å². The van der Waals surface area contributed by atoms with Crippen LogP contribution in [-0.4, -0.2) is 61.1 Å². The SMILES string of the molecule is CS(=O)(=O)CCCN[C@H]1CCCN(Cc2noc(C3CC3)n2)C1. The van der Waals surface area contributed by atoms with Gasteiger partial charge in [0.2, 0.25) is 5.89 Å². The van der Waals surface area contributed by atoms with E-state index in [9.17, 15) is 8.42 Å². The van der Waals surface area contributed by atoms with E-state index in [1.807, 2.05) is 0 Å². The molecule has 1 saturated carbocycles. The van der Waals surface area contributed by atoms with Gasteiger partial charge in [-0.3, -0.25) is 4.90 Å². The first-order chi connectivity index (χ1) is 11.0. The molecule has 0 bridgehead atoms. The van der Waals surface area contributed by atoms with Crippen molar-refractivity contribution in [3.63, 3.8) is 0 Å². The van der Waals surface area contributed by atoms with Crippen LogP contribution in [0.25, 0.3) is 0 Å². The fourth-order valence-corrected chi connectivity index (χ4v) is 3.70. The van der Waals surface area contributed by atoms with E-state index in [-0.39, 0.29) is 5.75 Å². The lowest BCUT2D eigenvalue weighted by Gasteiger charge is -2.32. The van der Waals surface area contributed by atoms with Crippen molar-refractivity contribution in [2.24, 2.45) is 0 Å². The van der Waals surface area contributed by atoms with Crippen LogP contribution in [0.2, 0.25) is 0 Å². The lowest BCUT2D eigenvalue weighted by atomic mass is 10.1. The van der Waals surface area contributed by atoms with Gasteiger partial charge >= 0.3 is 0 Å². The summed E-state index contributed by atoms with van der Waals surface area (Å²) in [7, 11) is -2.86. The molecule has 1 N–H and O–H groups in total. The summed E-state index contributed by atoms with van der Waals surface area (Å²) in [6.45, 7) is 3.48. The topological polar surface area (TPSA) is 88.3 Å². The zero-order valence-corrected chi connectivity index (χ0v) is 14.5. The van der Waals surface area contributed by atoms with Crippen LogP contribution >= 0.6 is 0 Å². The molecule has 0 spiro atoms. The summed E-state index contributed by atoms with van der Waals surface area (Å²) < 4.78 is 27.6. The molecule has 1 aliphatic heterocycles. The number of piperidine rings is 1. The Hall–Kier alpha value is -0.990. The summed E-state index contributed by atoms with van der Waals surface area (Å²) >= 11 is 0. The van der Waals surface area contributed by atoms with Crippen molar-refractivity contribution in [3.8, 4) is 0 Å². The number of hydrogen-bond donors (Lipinski definition) is 1. The highest BCUT2D eigenvalue weighted by atomic mass is 32.2. The Morgan fingerprint density at radius 3 is 2.91 bits per heavy atom. The van der Waals surface area contributed by atoms with Gasteiger partial charge in [0.1, 0.15) is 9.84 Å². The first-order valence-electron chi connectivity index (χ1n) is 8.45. The molecule has 1 atom stereocenters. The minimum Gasteiger partial charge on any atom is -0.339 e. The number of aromatic nitrogens is 2. The fraction of sp³-hybridized carbons (Fsp3) is 0.867. The summed E-state index contributed by atoms with van der Waals surface area (Å²) in [6.07, 6.45) is 6.57. The number of rotatable bonds is 8. The Kier molecular flexibility index (Phi) is 5.33. The number of sulfone groups is 1. The number of hydrogen-bond acceptors (Lipinski definition) is 7. The molecule has 1 aromatic heterocycles. The zero-order valence-electron chi connectivity index (χ0n) is 13.7. The predicted octanol–water partition coefficient (Wildman–Crippen LogP) is 0.936. The Bertz CT molecular complexity index is 612. The third kappa shape index (κ3) is 5.54. The van der Waals surface area contributed by atoms with Crippen LogP contribution in [0, 0.1) is 0 Å². The minimum atomic E-state index is -2.86. The third-order valence-electron chi connectivity index (χ3n) is 4.41. The molecular weight excluding hydrogens is 316 g/mol. The van der Waals surface area contributed by atoms with Crippen molar-refractivity contribution in [2.75, 3.05) is 31.6 Å². The molecule has 1 aliphatic carbocycles. The summed E-state index contributed by atoms with van der Waals surface area (Å²) in [5.74, 6) is 2.34. The molecule has 0 radical (unpaired) electrons. The molecule has 2 aliphatic rings. The van der Waals surface area contributed by atoms with Crippen molar-refractivity contribution in [2.45, 2.75) is 50.6 Å². The molecule has 7 nitrogen and oxygen atoms in total. The fourth-order valence-electron chi connectivity index (χ4n) is 3.03. The average molecular weight is 342 g/mol. The highest BCUT2D eigenvalue weighted by molar-refractivity contribution is 7.90. The monoisotopic (exact) mass is 342 g/mol. The Labute approximate surface area is 137 Å². The van der Waals surface area contributed by atoms with E-state index < -0.39 is 9.84 Å². The van der Waals surface area contributed by atoms with Gasteiger partial charge in [0, 0.05) is 24.8 Å². The second kappa shape index (κ2) is 7.27. The van der Waals surface area contributed by atoms with Crippen LogP contribution in [-0.2, 0) is 16.4 Å².